The molecule has 1 aliphatic rings. The predicted molar refractivity (Wildman–Crippen MR) is 121 cm³/mol. The van der Waals surface area contributed by atoms with Crippen LogP contribution in [0.1, 0.15) is 25.7 Å². The van der Waals surface area contributed by atoms with Crippen molar-refractivity contribution >= 4 is 28.9 Å². The number of ether oxygens (including phenoxy) is 1. The van der Waals surface area contributed by atoms with Gasteiger partial charge in [-0.3, -0.25) is 0 Å². The molecular weight excluding hydrogens is 416 g/mol. The van der Waals surface area contributed by atoms with Crippen LogP contribution >= 0.6 is 12.4 Å². The minimum atomic E-state index is 0. The maximum Gasteiger partial charge on any atom is 0.155 e. The molecule has 2 N–H and O–H groups in total. The van der Waals surface area contributed by atoms with Crippen LogP contribution in [0.4, 0.5) is 0 Å². The van der Waals surface area contributed by atoms with E-state index in [4.69, 9.17) is 9.15 Å². The number of fused-ring (bicyclic) bond motifs is 2. The van der Waals surface area contributed by atoms with E-state index >= 15 is 0 Å². The molecule has 1 aliphatic carbocycles. The van der Waals surface area contributed by atoms with Crippen molar-refractivity contribution in [3.05, 3.63) is 60.3 Å². The summed E-state index contributed by atoms with van der Waals surface area (Å²) in [5, 5.41) is 17.7. The summed E-state index contributed by atoms with van der Waals surface area (Å²) in [6.07, 6.45) is 8.81. The molecule has 1 saturated carbocycles. The Labute approximate surface area is 185 Å². The molecule has 0 atom stereocenters. The monoisotopic (exact) mass is 440 g/mol. The maximum atomic E-state index is 9.58. The molecule has 0 aliphatic heterocycles. The Morgan fingerprint density at radius 1 is 1.19 bits per heavy atom. The van der Waals surface area contributed by atoms with E-state index in [1.165, 1.54) is 25.7 Å². The molecule has 0 unspecified atom stereocenters. The molecule has 0 saturated heterocycles. The van der Waals surface area contributed by atoms with Crippen molar-refractivity contribution in [3.8, 4) is 17.2 Å². The third-order valence-corrected chi connectivity index (χ3v) is 5.65. The lowest BCUT2D eigenvalue weighted by atomic mass is 10.2. The molecule has 8 heteroatoms. The Hall–Kier alpha value is -3.03. The van der Waals surface area contributed by atoms with Crippen LogP contribution < -0.4 is 15.4 Å². The van der Waals surface area contributed by atoms with Crippen molar-refractivity contribution in [3.63, 3.8) is 0 Å². The zero-order valence-electron chi connectivity index (χ0n) is 17.0. The number of nitrogens with one attached hydrogen (secondary N) is 1. The lowest BCUT2D eigenvalue weighted by molar-refractivity contribution is 0.301. The molecule has 7 nitrogen and oxygen atoms in total. The van der Waals surface area contributed by atoms with Gasteiger partial charge < -0.3 is 24.1 Å². The first kappa shape index (κ1) is 21.2. The maximum absolute atomic E-state index is 9.58. The quantitative estimate of drug-likeness (QED) is 0.264. The molecule has 0 bridgehead atoms. The zero-order valence-corrected chi connectivity index (χ0v) is 17.8. The number of halogens is 1. The largest absolute Gasteiger partial charge is 0.492 e. The predicted octanol–water partition coefficient (Wildman–Crippen LogP) is 4.37. The van der Waals surface area contributed by atoms with Crippen LogP contribution in [0.25, 0.3) is 27.9 Å². The first-order valence-electron chi connectivity index (χ1n) is 10.4. The van der Waals surface area contributed by atoms with Crippen molar-refractivity contribution in [2.75, 3.05) is 13.2 Å². The van der Waals surface area contributed by atoms with E-state index < -0.39 is 0 Å². The summed E-state index contributed by atoms with van der Waals surface area (Å²) in [5.74, 6) is 1.25. The van der Waals surface area contributed by atoms with Crippen LogP contribution in [0.5, 0.6) is 5.75 Å². The fraction of sp³-hybridized carbons (Fsp3) is 0.304. The number of aromatic nitrogens is 2. The topological polar surface area (TPSA) is 84.3 Å². The summed E-state index contributed by atoms with van der Waals surface area (Å²) in [7, 11) is 0. The molecule has 31 heavy (non-hydrogen) atoms. The van der Waals surface area contributed by atoms with Gasteiger partial charge in [0.05, 0.1) is 11.7 Å². The Morgan fingerprint density at radius 2 is 2.06 bits per heavy atom. The Morgan fingerprint density at radius 3 is 2.90 bits per heavy atom. The van der Waals surface area contributed by atoms with E-state index in [9.17, 15) is 5.21 Å². The lowest BCUT2D eigenvalue weighted by Crippen LogP contribution is -2.30. The zero-order chi connectivity index (χ0) is 20.3. The molecular formula is C23H25ClN4O3. The summed E-state index contributed by atoms with van der Waals surface area (Å²) < 4.78 is 13.9. The molecule has 1 fully saturated rings. The molecule has 3 heterocycles. The van der Waals surface area contributed by atoms with Crippen LogP contribution in [0.3, 0.4) is 0 Å². The molecule has 1 aromatic carbocycles. The second kappa shape index (κ2) is 9.41. The van der Waals surface area contributed by atoms with E-state index in [1.807, 2.05) is 47.0 Å². The van der Waals surface area contributed by atoms with Gasteiger partial charge in [-0.25, -0.2) is 4.98 Å². The fourth-order valence-corrected chi connectivity index (χ4v) is 4.08. The van der Waals surface area contributed by atoms with Gasteiger partial charge in [0.15, 0.2) is 5.76 Å². The van der Waals surface area contributed by atoms with Gasteiger partial charge in [-0.1, -0.05) is 18.0 Å². The molecule has 162 valence electrons. The molecule has 0 spiro atoms. The molecule has 0 amide bonds. The summed E-state index contributed by atoms with van der Waals surface area (Å²) >= 11 is 0. The highest BCUT2D eigenvalue weighted by molar-refractivity contribution is 5.85. The summed E-state index contributed by atoms with van der Waals surface area (Å²) in [5.41, 5.74) is 2.29. The molecule has 4 aromatic rings. The van der Waals surface area contributed by atoms with Gasteiger partial charge in [0.25, 0.3) is 0 Å². The normalized spacial score (nSPS) is 14.9. The van der Waals surface area contributed by atoms with E-state index in [0.717, 1.165) is 17.8 Å². The number of hydrogen-bond donors (Lipinski definition) is 2. The number of benzene rings is 1. The highest BCUT2D eigenvalue weighted by Crippen LogP contribution is 2.24. The molecule has 3 aromatic heterocycles. The van der Waals surface area contributed by atoms with E-state index in [2.05, 4.69) is 15.5 Å². The Bertz CT molecular complexity index is 1240. The van der Waals surface area contributed by atoms with Crippen molar-refractivity contribution in [2.45, 2.75) is 31.7 Å². The number of hydrogen-bond acceptors (Lipinski definition) is 6. The average molecular weight is 441 g/mol. The second-order valence-corrected chi connectivity index (χ2v) is 7.65. The van der Waals surface area contributed by atoms with Crippen molar-refractivity contribution < 1.29 is 14.4 Å². The first-order valence-corrected chi connectivity index (χ1v) is 10.4. The third-order valence-electron chi connectivity index (χ3n) is 5.65. The summed E-state index contributed by atoms with van der Waals surface area (Å²) in [4.78, 5) is 4.45. The van der Waals surface area contributed by atoms with Crippen LogP contribution in [-0.4, -0.2) is 33.8 Å². The highest BCUT2D eigenvalue weighted by Gasteiger charge is 2.13. The minimum Gasteiger partial charge on any atom is -0.492 e. The van der Waals surface area contributed by atoms with Gasteiger partial charge in [0, 0.05) is 30.4 Å². The van der Waals surface area contributed by atoms with Crippen LogP contribution in [0.15, 0.2) is 64.6 Å². The first-order chi connectivity index (χ1) is 14.8. The SMILES string of the molecule is Cl.O/N=c1/cc(-c2cc3cccn3cn2)oc2ccc(OCCNC3CCCC3)cc12. The number of nitrogens with zero attached hydrogens (tertiary/aromatic N) is 3. The van der Waals surface area contributed by atoms with Crippen molar-refractivity contribution in [2.24, 2.45) is 5.16 Å². The van der Waals surface area contributed by atoms with Crippen molar-refractivity contribution in [1.82, 2.24) is 14.7 Å². The Balaban J connectivity index is 0.00000231. The van der Waals surface area contributed by atoms with E-state index in [0.29, 0.717) is 40.4 Å². The standard InChI is InChI=1S/C23H24N4O3.ClH/c28-26-20-14-23(21-12-17-6-3-10-27(17)15-25-21)30-22-8-7-18(13-19(20)22)29-11-9-24-16-4-1-2-5-16;/h3,6-8,10,12-16,24,28H,1-2,4-5,9,11H2;1H/b26-20-;. The van der Waals surface area contributed by atoms with Crippen LogP contribution in [0, 0.1) is 0 Å². The van der Waals surface area contributed by atoms with Gasteiger partial charge in [-0.2, -0.15) is 0 Å². The third kappa shape index (κ3) is 4.52. The number of rotatable bonds is 6. The van der Waals surface area contributed by atoms with Gasteiger partial charge >= 0.3 is 0 Å². The average Bonchev–Trinajstić information content (AvgIpc) is 3.47. The molecule has 0 radical (unpaired) electrons. The van der Waals surface area contributed by atoms with E-state index in [1.54, 1.807) is 12.4 Å². The molecule has 5 rings (SSSR count). The highest BCUT2D eigenvalue weighted by atomic mass is 35.5. The van der Waals surface area contributed by atoms with Gasteiger partial charge in [0.1, 0.15) is 29.0 Å². The smallest absolute Gasteiger partial charge is 0.155 e. The lowest BCUT2D eigenvalue weighted by Gasteiger charge is -2.12. The second-order valence-electron chi connectivity index (χ2n) is 7.65. The Kier molecular flexibility index (Phi) is 6.44. The minimum absolute atomic E-state index is 0. The van der Waals surface area contributed by atoms with Crippen LogP contribution in [0.2, 0.25) is 0 Å². The summed E-state index contributed by atoms with van der Waals surface area (Å²) in [6, 6.07) is 13.8. The van der Waals surface area contributed by atoms with E-state index in [-0.39, 0.29) is 12.4 Å². The van der Waals surface area contributed by atoms with Gasteiger partial charge in [0.2, 0.25) is 0 Å². The van der Waals surface area contributed by atoms with Crippen molar-refractivity contribution in [1.29, 1.82) is 0 Å². The summed E-state index contributed by atoms with van der Waals surface area (Å²) in [6.45, 7) is 1.40. The van der Waals surface area contributed by atoms with Crippen LogP contribution in [-0.2, 0) is 0 Å². The fourth-order valence-electron chi connectivity index (χ4n) is 4.08. The van der Waals surface area contributed by atoms with Gasteiger partial charge in [-0.05, 0) is 49.2 Å². The van der Waals surface area contributed by atoms with Gasteiger partial charge in [-0.15, -0.1) is 12.4 Å².